The van der Waals surface area contributed by atoms with Crippen LogP contribution in [0.1, 0.15) is 30.5 Å². The van der Waals surface area contributed by atoms with Crippen molar-refractivity contribution in [1.29, 1.82) is 0 Å². The van der Waals surface area contributed by atoms with Gasteiger partial charge in [0, 0.05) is 25.1 Å². The van der Waals surface area contributed by atoms with E-state index in [-0.39, 0.29) is 24.8 Å². The Bertz CT molecular complexity index is 808. The molecule has 0 fully saturated rings. The van der Waals surface area contributed by atoms with Crippen LogP contribution < -0.4 is 24.8 Å². The molecule has 0 bridgehead atoms. The molecule has 0 heterocycles. The summed E-state index contributed by atoms with van der Waals surface area (Å²) in [7, 11) is 4.64. The van der Waals surface area contributed by atoms with E-state index in [9.17, 15) is 9.59 Å². The molecular weight excluding hydrogens is 360 g/mol. The summed E-state index contributed by atoms with van der Waals surface area (Å²) < 4.78 is 16.0. The lowest BCUT2D eigenvalue weighted by molar-refractivity contribution is -0.122. The first-order valence-corrected chi connectivity index (χ1v) is 8.86. The third-order valence-electron chi connectivity index (χ3n) is 4.23. The predicted octanol–water partition coefficient (Wildman–Crippen LogP) is 2.60. The summed E-state index contributed by atoms with van der Waals surface area (Å²) in [6, 6.07) is 12.5. The summed E-state index contributed by atoms with van der Waals surface area (Å²) in [6.45, 7) is 1.69. The van der Waals surface area contributed by atoms with Crippen molar-refractivity contribution >= 4 is 11.8 Å². The highest BCUT2D eigenvalue weighted by molar-refractivity contribution is 5.79. The molecule has 0 spiro atoms. The molecule has 0 saturated carbocycles. The summed E-state index contributed by atoms with van der Waals surface area (Å²) in [5.41, 5.74) is 1.63. The maximum absolute atomic E-state index is 12.5. The molecular formula is C21H26N2O5. The molecule has 2 rings (SSSR count). The average molecular weight is 386 g/mol. The van der Waals surface area contributed by atoms with Crippen molar-refractivity contribution in [2.24, 2.45) is 0 Å². The monoisotopic (exact) mass is 386 g/mol. The molecule has 2 aromatic carbocycles. The van der Waals surface area contributed by atoms with Gasteiger partial charge in [0.25, 0.3) is 0 Å². The second kappa shape index (κ2) is 10.2. The zero-order valence-electron chi connectivity index (χ0n) is 16.6. The Morgan fingerprint density at radius 3 is 2.11 bits per heavy atom. The minimum absolute atomic E-state index is 0.124. The number of hydrogen-bond donors (Lipinski definition) is 2. The minimum atomic E-state index is -0.397. The fraction of sp³-hybridized carbons (Fsp3) is 0.333. The predicted molar refractivity (Wildman–Crippen MR) is 106 cm³/mol. The number of rotatable bonds is 9. The maximum atomic E-state index is 12.5. The van der Waals surface area contributed by atoms with E-state index in [0.717, 1.165) is 11.1 Å². The SMILES string of the molecule is COc1cc(OC)c(OC)cc1CNC(=O)C[C@@H](NC(C)=O)c1ccccc1. The van der Waals surface area contributed by atoms with Crippen LogP contribution in [0.25, 0.3) is 0 Å². The zero-order chi connectivity index (χ0) is 20.5. The first kappa shape index (κ1) is 21.1. The van der Waals surface area contributed by atoms with Gasteiger partial charge in [-0.3, -0.25) is 9.59 Å². The van der Waals surface area contributed by atoms with Crippen LogP contribution in [-0.2, 0) is 16.1 Å². The van der Waals surface area contributed by atoms with E-state index in [1.807, 2.05) is 30.3 Å². The zero-order valence-corrected chi connectivity index (χ0v) is 16.6. The average Bonchev–Trinajstić information content (AvgIpc) is 2.71. The summed E-state index contributed by atoms with van der Waals surface area (Å²) in [6.07, 6.45) is 0.124. The van der Waals surface area contributed by atoms with E-state index in [1.165, 1.54) is 6.92 Å². The summed E-state index contributed by atoms with van der Waals surface area (Å²) in [5, 5.41) is 5.69. The number of nitrogens with one attached hydrogen (secondary N) is 2. The lowest BCUT2D eigenvalue weighted by atomic mass is 10.0. The van der Waals surface area contributed by atoms with Crippen molar-refractivity contribution in [3.05, 3.63) is 53.6 Å². The first-order valence-electron chi connectivity index (χ1n) is 8.86. The molecule has 0 saturated heterocycles. The van der Waals surface area contributed by atoms with Gasteiger partial charge in [-0.25, -0.2) is 0 Å². The van der Waals surface area contributed by atoms with E-state index in [4.69, 9.17) is 14.2 Å². The fourth-order valence-corrected chi connectivity index (χ4v) is 2.86. The number of methoxy groups -OCH3 is 3. The first-order chi connectivity index (χ1) is 13.5. The molecule has 7 heteroatoms. The Morgan fingerprint density at radius 2 is 1.54 bits per heavy atom. The van der Waals surface area contributed by atoms with Gasteiger partial charge in [0.2, 0.25) is 11.8 Å². The van der Waals surface area contributed by atoms with Crippen LogP contribution in [0.3, 0.4) is 0 Å². The summed E-state index contributed by atoms with van der Waals surface area (Å²) in [4.78, 5) is 24.0. The third-order valence-corrected chi connectivity index (χ3v) is 4.23. The second-order valence-electron chi connectivity index (χ2n) is 6.16. The van der Waals surface area contributed by atoms with Gasteiger partial charge in [-0.15, -0.1) is 0 Å². The normalized spacial score (nSPS) is 11.3. The van der Waals surface area contributed by atoms with Crippen molar-refractivity contribution in [1.82, 2.24) is 10.6 Å². The van der Waals surface area contributed by atoms with Crippen LogP contribution in [0, 0.1) is 0 Å². The van der Waals surface area contributed by atoms with Crippen LogP contribution in [0.15, 0.2) is 42.5 Å². The Labute approximate surface area is 165 Å². The molecule has 28 heavy (non-hydrogen) atoms. The molecule has 0 radical (unpaired) electrons. The highest BCUT2D eigenvalue weighted by Crippen LogP contribution is 2.34. The number of ether oxygens (including phenoxy) is 3. The maximum Gasteiger partial charge on any atom is 0.222 e. The van der Waals surface area contributed by atoms with Gasteiger partial charge in [0.15, 0.2) is 11.5 Å². The number of hydrogen-bond acceptors (Lipinski definition) is 5. The van der Waals surface area contributed by atoms with E-state index in [0.29, 0.717) is 17.2 Å². The number of amides is 2. The van der Waals surface area contributed by atoms with Crippen LogP contribution in [-0.4, -0.2) is 33.1 Å². The van der Waals surface area contributed by atoms with Gasteiger partial charge in [-0.1, -0.05) is 30.3 Å². The molecule has 2 aromatic rings. The minimum Gasteiger partial charge on any atom is -0.496 e. The Morgan fingerprint density at radius 1 is 0.929 bits per heavy atom. The van der Waals surface area contributed by atoms with Gasteiger partial charge in [-0.2, -0.15) is 0 Å². The summed E-state index contributed by atoms with van der Waals surface area (Å²) in [5.74, 6) is 1.29. The lowest BCUT2D eigenvalue weighted by Gasteiger charge is -2.19. The number of benzene rings is 2. The third kappa shape index (κ3) is 5.64. The van der Waals surface area contributed by atoms with Crippen LogP contribution in [0.4, 0.5) is 0 Å². The molecule has 150 valence electrons. The molecule has 1 atom stereocenters. The molecule has 2 N–H and O–H groups in total. The molecule has 7 nitrogen and oxygen atoms in total. The van der Waals surface area contributed by atoms with Crippen LogP contribution in [0.2, 0.25) is 0 Å². The standard InChI is InChI=1S/C21H26N2O5/c1-14(24)23-17(15-8-6-5-7-9-15)11-21(25)22-13-16-10-19(27-3)20(28-4)12-18(16)26-2/h5-10,12,17H,11,13H2,1-4H3,(H,22,25)(H,23,24)/t17-/m1/s1. The highest BCUT2D eigenvalue weighted by Gasteiger charge is 2.18. The van der Waals surface area contributed by atoms with E-state index in [1.54, 1.807) is 33.5 Å². The number of carbonyl (C=O) groups is 2. The van der Waals surface area contributed by atoms with Gasteiger partial charge in [-0.05, 0) is 11.6 Å². The Balaban J connectivity index is 2.09. The van der Waals surface area contributed by atoms with Gasteiger partial charge >= 0.3 is 0 Å². The van der Waals surface area contributed by atoms with Crippen molar-refractivity contribution in [2.45, 2.75) is 25.9 Å². The molecule has 0 aliphatic rings. The van der Waals surface area contributed by atoms with Crippen molar-refractivity contribution in [3.8, 4) is 17.2 Å². The molecule has 0 aliphatic heterocycles. The Hall–Kier alpha value is -3.22. The topological polar surface area (TPSA) is 85.9 Å². The van der Waals surface area contributed by atoms with Gasteiger partial charge in [0.05, 0.1) is 33.8 Å². The molecule has 0 unspecified atom stereocenters. The fourth-order valence-electron chi connectivity index (χ4n) is 2.86. The Kier molecular flexibility index (Phi) is 7.68. The summed E-state index contributed by atoms with van der Waals surface area (Å²) >= 11 is 0. The molecule has 0 aromatic heterocycles. The van der Waals surface area contributed by atoms with Crippen molar-refractivity contribution in [3.63, 3.8) is 0 Å². The molecule has 0 aliphatic carbocycles. The quantitative estimate of drug-likeness (QED) is 0.692. The van der Waals surface area contributed by atoms with Crippen molar-refractivity contribution < 1.29 is 23.8 Å². The van der Waals surface area contributed by atoms with E-state index < -0.39 is 6.04 Å². The smallest absolute Gasteiger partial charge is 0.222 e. The van der Waals surface area contributed by atoms with Gasteiger partial charge < -0.3 is 24.8 Å². The van der Waals surface area contributed by atoms with Crippen LogP contribution in [0.5, 0.6) is 17.2 Å². The van der Waals surface area contributed by atoms with E-state index in [2.05, 4.69) is 10.6 Å². The number of carbonyl (C=O) groups excluding carboxylic acids is 2. The second-order valence-corrected chi connectivity index (χ2v) is 6.16. The molecule has 2 amide bonds. The van der Waals surface area contributed by atoms with Gasteiger partial charge in [0.1, 0.15) is 5.75 Å². The van der Waals surface area contributed by atoms with E-state index >= 15 is 0 Å². The van der Waals surface area contributed by atoms with Crippen LogP contribution >= 0.6 is 0 Å². The highest BCUT2D eigenvalue weighted by atomic mass is 16.5. The largest absolute Gasteiger partial charge is 0.496 e. The van der Waals surface area contributed by atoms with Crippen molar-refractivity contribution in [2.75, 3.05) is 21.3 Å². The lowest BCUT2D eigenvalue weighted by Crippen LogP contribution is -2.32.